The normalized spacial score (nSPS) is 17.8. The molecule has 0 aliphatic heterocycles. The number of aromatic nitrogens is 2. The van der Waals surface area contributed by atoms with Gasteiger partial charge in [0.15, 0.2) is 0 Å². The van der Waals surface area contributed by atoms with Crippen molar-refractivity contribution in [1.29, 1.82) is 0 Å². The molecule has 160 valence electrons. The second-order valence-electron chi connectivity index (χ2n) is 8.16. The lowest BCUT2D eigenvalue weighted by molar-refractivity contribution is -0.137. The number of amides is 1. The van der Waals surface area contributed by atoms with Gasteiger partial charge >= 0.3 is 6.18 Å². The number of rotatable bonds is 6. The molecule has 30 heavy (non-hydrogen) atoms. The summed E-state index contributed by atoms with van der Waals surface area (Å²) in [5.41, 5.74) is 5.31. The van der Waals surface area contributed by atoms with Crippen molar-refractivity contribution in [1.82, 2.24) is 9.97 Å². The summed E-state index contributed by atoms with van der Waals surface area (Å²) < 4.78 is 53.6. The quantitative estimate of drug-likeness (QED) is 0.537. The zero-order valence-electron chi connectivity index (χ0n) is 16.3. The minimum absolute atomic E-state index is 0.00747. The van der Waals surface area contributed by atoms with Crippen LogP contribution in [0.5, 0.6) is 0 Å². The van der Waals surface area contributed by atoms with E-state index in [9.17, 15) is 22.4 Å². The molecular formula is C21H22F4N4O. The standard InChI is InChI=1S/C21H22F4N4O/c1-10-15(8-13(9-27-10)21(23,24)25)14-6-7-16(28-19(14)22)29-20(30)18(26)17(11-2-3-11)12-4-5-12/h6-9,11-12,17-18H,2-5,26H2,1H3,(H,28,29,30)/t18-/m0/s1. The third-order valence-corrected chi connectivity index (χ3v) is 5.85. The summed E-state index contributed by atoms with van der Waals surface area (Å²) in [5, 5.41) is 2.55. The molecule has 0 radical (unpaired) electrons. The van der Waals surface area contributed by atoms with Gasteiger partial charge in [-0.05, 0) is 68.6 Å². The summed E-state index contributed by atoms with van der Waals surface area (Å²) in [7, 11) is 0. The van der Waals surface area contributed by atoms with Gasteiger partial charge in [0, 0.05) is 23.0 Å². The van der Waals surface area contributed by atoms with Crippen LogP contribution in [0.3, 0.4) is 0 Å². The summed E-state index contributed by atoms with van der Waals surface area (Å²) in [6.07, 6.45) is 0.420. The van der Waals surface area contributed by atoms with E-state index in [0.29, 0.717) is 18.0 Å². The topological polar surface area (TPSA) is 80.9 Å². The Morgan fingerprint density at radius 2 is 1.80 bits per heavy atom. The predicted molar refractivity (Wildman–Crippen MR) is 103 cm³/mol. The fourth-order valence-electron chi connectivity index (χ4n) is 3.98. The summed E-state index contributed by atoms with van der Waals surface area (Å²) in [4.78, 5) is 20.0. The molecule has 4 rings (SSSR count). The van der Waals surface area contributed by atoms with Gasteiger partial charge in [-0.15, -0.1) is 0 Å². The zero-order valence-corrected chi connectivity index (χ0v) is 16.3. The molecule has 2 aliphatic carbocycles. The van der Waals surface area contributed by atoms with Gasteiger partial charge in [0.1, 0.15) is 5.82 Å². The second-order valence-corrected chi connectivity index (χ2v) is 8.16. The predicted octanol–water partition coefficient (Wildman–Crippen LogP) is 4.31. The van der Waals surface area contributed by atoms with Gasteiger partial charge in [0.05, 0.1) is 11.6 Å². The number of halogens is 4. The SMILES string of the molecule is Cc1ncc(C(F)(F)F)cc1-c1ccc(NC(=O)[C@@H](N)C(C2CC2)C2CC2)nc1F. The van der Waals surface area contributed by atoms with Crippen LogP contribution in [-0.2, 0) is 11.0 Å². The number of nitrogens with zero attached hydrogens (tertiary/aromatic N) is 2. The number of carbonyl (C=O) groups excluding carboxylic acids is 1. The Labute approximate surface area is 171 Å². The number of alkyl halides is 3. The summed E-state index contributed by atoms with van der Waals surface area (Å²) in [5.74, 6) is -0.363. The number of nitrogens with one attached hydrogen (secondary N) is 1. The minimum atomic E-state index is -4.59. The van der Waals surface area contributed by atoms with Crippen molar-refractivity contribution < 1.29 is 22.4 Å². The Balaban J connectivity index is 1.53. The lowest BCUT2D eigenvalue weighted by Gasteiger charge is -2.22. The second kappa shape index (κ2) is 7.61. The van der Waals surface area contributed by atoms with Gasteiger partial charge < -0.3 is 11.1 Å². The molecule has 9 heteroatoms. The molecule has 0 spiro atoms. The fourth-order valence-corrected chi connectivity index (χ4v) is 3.98. The number of aryl methyl sites for hydroxylation is 1. The first-order chi connectivity index (χ1) is 14.1. The molecule has 2 aromatic heterocycles. The van der Waals surface area contributed by atoms with Gasteiger partial charge in [0.25, 0.3) is 0 Å². The van der Waals surface area contributed by atoms with Crippen molar-refractivity contribution in [2.75, 3.05) is 5.32 Å². The molecule has 2 aliphatic rings. The van der Waals surface area contributed by atoms with Crippen molar-refractivity contribution in [2.24, 2.45) is 23.5 Å². The van der Waals surface area contributed by atoms with Crippen LogP contribution in [0.25, 0.3) is 11.1 Å². The number of nitrogens with two attached hydrogens (primary N) is 1. The Bertz CT molecular complexity index is 958. The lowest BCUT2D eigenvalue weighted by Crippen LogP contribution is -2.44. The molecule has 2 heterocycles. The Kier molecular flexibility index (Phi) is 5.25. The first kappa shape index (κ1) is 20.7. The van der Waals surface area contributed by atoms with E-state index in [4.69, 9.17) is 5.73 Å². The largest absolute Gasteiger partial charge is 0.417 e. The van der Waals surface area contributed by atoms with Crippen molar-refractivity contribution >= 4 is 11.7 Å². The molecule has 2 fully saturated rings. The Hall–Kier alpha value is -2.55. The smallest absolute Gasteiger partial charge is 0.320 e. The van der Waals surface area contributed by atoms with Crippen LogP contribution in [0.4, 0.5) is 23.4 Å². The minimum Gasteiger partial charge on any atom is -0.320 e. The van der Waals surface area contributed by atoms with Crippen LogP contribution in [0.2, 0.25) is 0 Å². The monoisotopic (exact) mass is 422 g/mol. The van der Waals surface area contributed by atoms with E-state index in [1.54, 1.807) is 0 Å². The van der Waals surface area contributed by atoms with Gasteiger partial charge in [-0.2, -0.15) is 17.6 Å². The van der Waals surface area contributed by atoms with Crippen LogP contribution in [0.15, 0.2) is 24.4 Å². The van der Waals surface area contributed by atoms with E-state index < -0.39 is 29.6 Å². The number of hydrogen-bond donors (Lipinski definition) is 2. The molecule has 2 aromatic rings. The third-order valence-electron chi connectivity index (χ3n) is 5.85. The van der Waals surface area contributed by atoms with Crippen molar-refractivity contribution in [2.45, 2.75) is 44.8 Å². The van der Waals surface area contributed by atoms with E-state index in [2.05, 4.69) is 15.3 Å². The van der Waals surface area contributed by atoms with Crippen molar-refractivity contribution in [3.05, 3.63) is 41.6 Å². The fraction of sp³-hybridized carbons (Fsp3) is 0.476. The highest BCUT2D eigenvalue weighted by molar-refractivity contribution is 5.94. The van der Waals surface area contributed by atoms with Crippen LogP contribution in [-0.4, -0.2) is 21.9 Å². The maximum atomic E-state index is 14.6. The van der Waals surface area contributed by atoms with Crippen LogP contribution < -0.4 is 11.1 Å². The van der Waals surface area contributed by atoms with Crippen LogP contribution >= 0.6 is 0 Å². The number of hydrogen-bond acceptors (Lipinski definition) is 4. The molecule has 0 aromatic carbocycles. The third kappa shape index (κ3) is 4.30. The lowest BCUT2D eigenvalue weighted by atomic mass is 9.89. The Morgan fingerprint density at radius 3 is 2.33 bits per heavy atom. The molecule has 1 amide bonds. The molecular weight excluding hydrogens is 400 g/mol. The average Bonchev–Trinajstić information content (AvgIpc) is 3.57. The molecule has 3 N–H and O–H groups in total. The molecule has 0 saturated heterocycles. The zero-order chi connectivity index (χ0) is 21.6. The van der Waals surface area contributed by atoms with Crippen LogP contribution in [0.1, 0.15) is 36.9 Å². The van der Waals surface area contributed by atoms with E-state index in [-0.39, 0.29) is 28.6 Å². The molecule has 0 bridgehead atoms. The average molecular weight is 422 g/mol. The van der Waals surface area contributed by atoms with Gasteiger partial charge in [-0.1, -0.05) is 0 Å². The maximum absolute atomic E-state index is 14.6. The maximum Gasteiger partial charge on any atom is 0.417 e. The van der Waals surface area contributed by atoms with E-state index >= 15 is 0 Å². The van der Waals surface area contributed by atoms with Crippen molar-refractivity contribution in [3.8, 4) is 11.1 Å². The molecule has 0 unspecified atom stereocenters. The summed E-state index contributed by atoms with van der Waals surface area (Å²) >= 11 is 0. The van der Waals surface area contributed by atoms with E-state index in [1.807, 2.05) is 0 Å². The molecule has 5 nitrogen and oxygen atoms in total. The highest BCUT2D eigenvalue weighted by Gasteiger charge is 2.46. The van der Waals surface area contributed by atoms with Crippen molar-refractivity contribution in [3.63, 3.8) is 0 Å². The summed E-state index contributed by atoms with van der Waals surface area (Å²) in [6.45, 7) is 1.49. The molecule has 1 atom stereocenters. The van der Waals surface area contributed by atoms with E-state index in [1.165, 1.54) is 19.1 Å². The highest BCUT2D eigenvalue weighted by Crippen LogP contribution is 2.50. The Morgan fingerprint density at radius 1 is 1.17 bits per heavy atom. The van der Waals surface area contributed by atoms with Crippen LogP contribution in [0, 0.1) is 30.6 Å². The van der Waals surface area contributed by atoms with Gasteiger partial charge in [-0.25, -0.2) is 4.98 Å². The number of pyridine rings is 2. The molecule has 2 saturated carbocycles. The summed E-state index contributed by atoms with van der Waals surface area (Å²) in [6, 6.07) is 2.79. The first-order valence-corrected chi connectivity index (χ1v) is 9.92. The highest BCUT2D eigenvalue weighted by atomic mass is 19.4. The van der Waals surface area contributed by atoms with Gasteiger partial charge in [-0.3, -0.25) is 9.78 Å². The first-order valence-electron chi connectivity index (χ1n) is 9.92. The number of anilines is 1. The number of carbonyl (C=O) groups is 1. The van der Waals surface area contributed by atoms with E-state index in [0.717, 1.165) is 31.7 Å². The van der Waals surface area contributed by atoms with Gasteiger partial charge in [0.2, 0.25) is 11.9 Å².